The topological polar surface area (TPSA) is 55.8 Å². The summed E-state index contributed by atoms with van der Waals surface area (Å²) >= 11 is 0. The van der Waals surface area contributed by atoms with Gasteiger partial charge in [0.25, 0.3) is 0 Å². The lowest BCUT2D eigenvalue weighted by molar-refractivity contribution is 0.277. The molecule has 1 aliphatic rings. The smallest absolute Gasteiger partial charge is 0.247 e. The van der Waals surface area contributed by atoms with Crippen LogP contribution in [0.4, 0.5) is 0 Å². The van der Waals surface area contributed by atoms with Gasteiger partial charge in [-0.05, 0) is 37.6 Å². The Balaban J connectivity index is 2.09. The average Bonchev–Trinajstić information content (AvgIpc) is 2.74. The molecule has 0 saturated carbocycles. The highest BCUT2D eigenvalue weighted by molar-refractivity contribution is 7.89. The van der Waals surface area contributed by atoms with E-state index in [0.29, 0.717) is 12.4 Å². The van der Waals surface area contributed by atoms with E-state index in [0.717, 1.165) is 16.9 Å². The molecule has 0 radical (unpaired) electrons. The van der Waals surface area contributed by atoms with Crippen molar-refractivity contribution in [3.63, 3.8) is 0 Å². The predicted molar refractivity (Wildman–Crippen MR) is 92.0 cm³/mol. The van der Waals surface area contributed by atoms with Crippen molar-refractivity contribution >= 4 is 10.0 Å². The quantitative estimate of drug-likeness (QED) is 0.856. The van der Waals surface area contributed by atoms with Gasteiger partial charge in [0.15, 0.2) is 0 Å². The molecule has 6 heteroatoms. The highest BCUT2D eigenvalue weighted by Crippen LogP contribution is 2.37. The first-order valence-electron chi connectivity index (χ1n) is 7.83. The van der Waals surface area contributed by atoms with Gasteiger partial charge in [0.2, 0.25) is 10.0 Å². The fraction of sp³-hybridized carbons (Fsp3) is 0.333. The first-order valence-corrected chi connectivity index (χ1v) is 9.27. The molecule has 0 aliphatic carbocycles. The summed E-state index contributed by atoms with van der Waals surface area (Å²) in [5.74, 6) is 1.09. The van der Waals surface area contributed by atoms with E-state index in [1.54, 1.807) is 12.1 Å². The molecule has 2 aromatic carbocycles. The second-order valence-corrected chi connectivity index (χ2v) is 7.69. The standard InChI is InChI=1S/C18H21NO4S/c1-13-8-9-17(22-3)18(12-13)24(20,21)19-10-11-23-16-7-5-4-6-15(16)14(19)2/h4-9,12,14H,10-11H2,1-3H3. The molecule has 0 fully saturated rings. The van der Waals surface area contributed by atoms with E-state index in [1.807, 2.05) is 44.2 Å². The number of fused-ring (bicyclic) bond motifs is 1. The molecule has 2 aromatic rings. The fourth-order valence-electron chi connectivity index (χ4n) is 2.99. The van der Waals surface area contributed by atoms with Gasteiger partial charge in [-0.25, -0.2) is 8.42 Å². The summed E-state index contributed by atoms with van der Waals surface area (Å²) in [7, 11) is -2.23. The summed E-state index contributed by atoms with van der Waals surface area (Å²) in [5.41, 5.74) is 1.73. The van der Waals surface area contributed by atoms with Crippen LogP contribution in [0.1, 0.15) is 24.1 Å². The third-order valence-electron chi connectivity index (χ3n) is 4.28. The lowest BCUT2D eigenvalue weighted by Crippen LogP contribution is -2.35. The maximum atomic E-state index is 13.3. The Hall–Kier alpha value is -2.05. The molecule has 0 spiro atoms. The van der Waals surface area contributed by atoms with Crippen LogP contribution < -0.4 is 9.47 Å². The van der Waals surface area contributed by atoms with Crippen molar-refractivity contribution in [1.29, 1.82) is 0 Å². The summed E-state index contributed by atoms with van der Waals surface area (Å²) in [6.45, 7) is 4.35. The number of aryl methyl sites for hydroxylation is 1. The number of rotatable bonds is 3. The second-order valence-electron chi connectivity index (χ2n) is 5.83. The largest absolute Gasteiger partial charge is 0.495 e. The Morgan fingerprint density at radius 3 is 2.71 bits per heavy atom. The zero-order valence-electron chi connectivity index (χ0n) is 14.0. The van der Waals surface area contributed by atoms with Crippen LogP contribution in [0, 0.1) is 6.92 Å². The minimum Gasteiger partial charge on any atom is -0.495 e. The van der Waals surface area contributed by atoms with Gasteiger partial charge < -0.3 is 9.47 Å². The van der Waals surface area contributed by atoms with Crippen LogP contribution in [0.5, 0.6) is 11.5 Å². The van der Waals surface area contributed by atoms with Crippen molar-refractivity contribution in [3.05, 3.63) is 53.6 Å². The van der Waals surface area contributed by atoms with Crippen molar-refractivity contribution in [1.82, 2.24) is 4.31 Å². The van der Waals surface area contributed by atoms with E-state index < -0.39 is 10.0 Å². The second kappa shape index (κ2) is 6.45. The van der Waals surface area contributed by atoms with Gasteiger partial charge in [0, 0.05) is 12.1 Å². The maximum Gasteiger partial charge on any atom is 0.247 e. The lowest BCUT2D eigenvalue weighted by Gasteiger charge is -2.27. The van der Waals surface area contributed by atoms with Crippen LogP contribution in [0.15, 0.2) is 47.4 Å². The minimum atomic E-state index is -3.71. The lowest BCUT2D eigenvalue weighted by atomic mass is 10.1. The normalized spacial score (nSPS) is 18.4. The number of sulfonamides is 1. The van der Waals surface area contributed by atoms with Gasteiger partial charge in [-0.15, -0.1) is 0 Å². The number of methoxy groups -OCH3 is 1. The van der Waals surface area contributed by atoms with E-state index in [2.05, 4.69) is 0 Å². The molecule has 0 saturated heterocycles. The highest BCUT2D eigenvalue weighted by atomic mass is 32.2. The van der Waals surface area contributed by atoms with Crippen LogP contribution in [-0.2, 0) is 10.0 Å². The van der Waals surface area contributed by atoms with Gasteiger partial charge in [-0.1, -0.05) is 24.3 Å². The summed E-state index contributed by atoms with van der Waals surface area (Å²) in [6.07, 6.45) is 0. The van der Waals surface area contributed by atoms with Crippen LogP contribution in [-0.4, -0.2) is 33.0 Å². The van der Waals surface area contributed by atoms with Crippen LogP contribution in [0.2, 0.25) is 0 Å². The molecule has 1 unspecified atom stereocenters. The molecule has 1 heterocycles. The van der Waals surface area contributed by atoms with Crippen LogP contribution in [0.3, 0.4) is 0 Å². The molecule has 128 valence electrons. The Morgan fingerprint density at radius 1 is 1.21 bits per heavy atom. The van der Waals surface area contributed by atoms with Crippen molar-refractivity contribution in [2.24, 2.45) is 0 Å². The van der Waals surface area contributed by atoms with E-state index >= 15 is 0 Å². The zero-order chi connectivity index (χ0) is 17.3. The molecular weight excluding hydrogens is 326 g/mol. The van der Waals surface area contributed by atoms with Crippen molar-refractivity contribution < 1.29 is 17.9 Å². The third kappa shape index (κ3) is 2.87. The van der Waals surface area contributed by atoms with E-state index in [9.17, 15) is 8.42 Å². The number of benzene rings is 2. The van der Waals surface area contributed by atoms with Gasteiger partial charge in [-0.2, -0.15) is 4.31 Å². The molecule has 0 amide bonds. The maximum absolute atomic E-state index is 13.3. The average molecular weight is 347 g/mol. The van der Waals surface area contributed by atoms with Crippen molar-refractivity contribution in [2.45, 2.75) is 24.8 Å². The van der Waals surface area contributed by atoms with E-state index in [-0.39, 0.29) is 17.5 Å². The molecule has 0 aromatic heterocycles. The third-order valence-corrected chi connectivity index (χ3v) is 6.27. The molecule has 1 atom stereocenters. The van der Waals surface area contributed by atoms with Gasteiger partial charge in [0.05, 0.1) is 13.2 Å². The molecule has 5 nitrogen and oxygen atoms in total. The minimum absolute atomic E-state index is 0.191. The molecule has 3 rings (SSSR count). The Kier molecular flexibility index (Phi) is 4.51. The zero-order valence-corrected chi connectivity index (χ0v) is 14.8. The van der Waals surface area contributed by atoms with Crippen molar-refractivity contribution in [2.75, 3.05) is 20.3 Å². The Bertz CT molecular complexity index is 848. The van der Waals surface area contributed by atoms with Crippen molar-refractivity contribution in [3.8, 4) is 11.5 Å². The highest BCUT2D eigenvalue weighted by Gasteiger charge is 2.34. The number of nitrogens with zero attached hydrogens (tertiary/aromatic N) is 1. The summed E-state index contributed by atoms with van der Waals surface area (Å²) in [6, 6.07) is 12.4. The number of hydrogen-bond acceptors (Lipinski definition) is 4. The fourth-order valence-corrected chi connectivity index (χ4v) is 4.83. The summed E-state index contributed by atoms with van der Waals surface area (Å²) < 4.78 is 39.0. The van der Waals surface area contributed by atoms with E-state index in [1.165, 1.54) is 11.4 Å². The summed E-state index contributed by atoms with van der Waals surface area (Å²) in [5, 5.41) is 0. The Labute approximate surface area is 142 Å². The van der Waals surface area contributed by atoms with E-state index in [4.69, 9.17) is 9.47 Å². The van der Waals surface area contributed by atoms with Crippen LogP contribution in [0.25, 0.3) is 0 Å². The molecule has 24 heavy (non-hydrogen) atoms. The molecule has 1 aliphatic heterocycles. The first-order chi connectivity index (χ1) is 11.4. The van der Waals surface area contributed by atoms with Gasteiger partial charge in [0.1, 0.15) is 23.0 Å². The van der Waals surface area contributed by atoms with Gasteiger partial charge >= 0.3 is 0 Å². The monoisotopic (exact) mass is 347 g/mol. The van der Waals surface area contributed by atoms with Gasteiger partial charge in [-0.3, -0.25) is 0 Å². The molecule has 0 N–H and O–H groups in total. The number of para-hydroxylation sites is 1. The summed E-state index contributed by atoms with van der Waals surface area (Å²) in [4.78, 5) is 0.191. The molecule has 0 bridgehead atoms. The Morgan fingerprint density at radius 2 is 1.96 bits per heavy atom. The number of hydrogen-bond donors (Lipinski definition) is 0. The number of ether oxygens (including phenoxy) is 2. The van der Waals surface area contributed by atoms with Crippen LogP contribution >= 0.6 is 0 Å². The SMILES string of the molecule is COc1ccc(C)cc1S(=O)(=O)N1CCOc2ccccc2C1C. The first kappa shape index (κ1) is 16.8. The predicted octanol–water partition coefficient (Wildman–Crippen LogP) is 3.15. The molecular formula is C18H21NO4S.